The largest absolute Gasteiger partial charge is 0.324 e. The van der Waals surface area contributed by atoms with Gasteiger partial charge in [-0.2, -0.15) is 0 Å². The molecule has 2 fully saturated rings. The van der Waals surface area contributed by atoms with Crippen molar-refractivity contribution in [3.63, 3.8) is 0 Å². The molecule has 1 atom stereocenters. The van der Waals surface area contributed by atoms with E-state index in [1.54, 1.807) is 0 Å². The van der Waals surface area contributed by atoms with Gasteiger partial charge in [-0.05, 0) is 50.4 Å². The number of nitrogens with one attached hydrogen (secondary N) is 1. The molecule has 2 saturated heterocycles. The van der Waals surface area contributed by atoms with E-state index in [4.69, 9.17) is 0 Å². The van der Waals surface area contributed by atoms with Crippen LogP contribution in [0.15, 0.2) is 24.3 Å². The van der Waals surface area contributed by atoms with Crippen molar-refractivity contribution in [3.05, 3.63) is 29.8 Å². The minimum atomic E-state index is 0.135. The Morgan fingerprint density at radius 1 is 1.20 bits per heavy atom. The van der Waals surface area contributed by atoms with Crippen LogP contribution in [0.25, 0.3) is 0 Å². The second-order valence-corrected chi connectivity index (χ2v) is 6.00. The van der Waals surface area contributed by atoms with Crippen molar-refractivity contribution in [3.8, 4) is 0 Å². The molecule has 2 amide bonds. The molecule has 1 unspecified atom stereocenters. The van der Waals surface area contributed by atoms with Crippen molar-refractivity contribution >= 4 is 11.7 Å². The number of hydrogen-bond acceptors (Lipinski definition) is 2. The summed E-state index contributed by atoms with van der Waals surface area (Å²) in [6.45, 7) is 7.94. The van der Waals surface area contributed by atoms with Gasteiger partial charge in [0.15, 0.2) is 0 Å². The minimum Gasteiger partial charge on any atom is -0.320 e. The van der Waals surface area contributed by atoms with Crippen LogP contribution in [-0.2, 0) is 0 Å². The monoisotopic (exact) mass is 273 g/mol. The van der Waals surface area contributed by atoms with Gasteiger partial charge in [-0.25, -0.2) is 4.79 Å². The molecule has 0 radical (unpaired) electrons. The van der Waals surface area contributed by atoms with Gasteiger partial charge in [-0.15, -0.1) is 0 Å². The number of amides is 2. The third-order valence-electron chi connectivity index (χ3n) is 4.40. The quantitative estimate of drug-likeness (QED) is 0.918. The summed E-state index contributed by atoms with van der Waals surface area (Å²) in [6, 6.07) is 8.95. The molecule has 20 heavy (non-hydrogen) atoms. The van der Waals surface area contributed by atoms with E-state index in [-0.39, 0.29) is 12.1 Å². The molecular weight excluding hydrogens is 250 g/mol. The molecule has 0 bridgehead atoms. The molecule has 4 heteroatoms. The SMILES string of the molecule is CC(C)N1CCN(c2ccc(C3CCNC3)cc2)C1=O. The lowest BCUT2D eigenvalue weighted by Crippen LogP contribution is -2.36. The topological polar surface area (TPSA) is 35.6 Å². The average molecular weight is 273 g/mol. The Morgan fingerprint density at radius 2 is 1.95 bits per heavy atom. The van der Waals surface area contributed by atoms with Gasteiger partial charge in [0, 0.05) is 31.4 Å². The summed E-state index contributed by atoms with van der Waals surface area (Å²) in [5, 5.41) is 3.39. The first kappa shape index (κ1) is 13.4. The summed E-state index contributed by atoms with van der Waals surface area (Å²) in [6.07, 6.45) is 1.21. The Morgan fingerprint density at radius 3 is 2.50 bits per heavy atom. The van der Waals surface area contributed by atoms with E-state index in [1.807, 2.05) is 9.80 Å². The molecule has 0 aromatic heterocycles. The van der Waals surface area contributed by atoms with Gasteiger partial charge in [0.1, 0.15) is 0 Å². The summed E-state index contributed by atoms with van der Waals surface area (Å²) < 4.78 is 0. The van der Waals surface area contributed by atoms with Crippen LogP contribution in [0.5, 0.6) is 0 Å². The first-order valence-corrected chi connectivity index (χ1v) is 7.55. The number of benzene rings is 1. The zero-order chi connectivity index (χ0) is 14.1. The van der Waals surface area contributed by atoms with Gasteiger partial charge in [-0.1, -0.05) is 12.1 Å². The van der Waals surface area contributed by atoms with Crippen molar-refractivity contribution in [1.82, 2.24) is 10.2 Å². The molecule has 0 aliphatic carbocycles. The maximum atomic E-state index is 12.3. The molecule has 108 valence electrons. The third-order valence-corrected chi connectivity index (χ3v) is 4.40. The minimum absolute atomic E-state index is 0.135. The fourth-order valence-electron chi connectivity index (χ4n) is 3.14. The average Bonchev–Trinajstić information content (AvgIpc) is 3.08. The van der Waals surface area contributed by atoms with E-state index >= 15 is 0 Å². The molecule has 4 nitrogen and oxygen atoms in total. The van der Waals surface area contributed by atoms with E-state index in [0.717, 1.165) is 31.9 Å². The Labute approximate surface area is 120 Å². The van der Waals surface area contributed by atoms with E-state index in [0.29, 0.717) is 5.92 Å². The van der Waals surface area contributed by atoms with Crippen LogP contribution in [0.3, 0.4) is 0 Å². The summed E-state index contributed by atoms with van der Waals surface area (Å²) in [5.41, 5.74) is 2.40. The Kier molecular flexibility index (Phi) is 3.66. The second kappa shape index (κ2) is 5.44. The predicted molar refractivity (Wildman–Crippen MR) is 81.3 cm³/mol. The smallest absolute Gasteiger partial charge is 0.320 e. The first-order chi connectivity index (χ1) is 9.66. The van der Waals surface area contributed by atoms with Gasteiger partial charge in [0.2, 0.25) is 0 Å². The first-order valence-electron chi connectivity index (χ1n) is 7.55. The lowest BCUT2D eigenvalue weighted by atomic mass is 9.98. The molecule has 1 aromatic rings. The number of carbonyl (C=O) groups is 1. The fourth-order valence-corrected chi connectivity index (χ4v) is 3.14. The maximum absolute atomic E-state index is 12.3. The molecule has 1 aromatic carbocycles. The van der Waals surface area contributed by atoms with Crippen molar-refractivity contribution in [1.29, 1.82) is 0 Å². The number of nitrogens with zero attached hydrogens (tertiary/aromatic N) is 2. The second-order valence-electron chi connectivity index (χ2n) is 6.00. The molecule has 0 spiro atoms. The lowest BCUT2D eigenvalue weighted by molar-refractivity contribution is 0.209. The van der Waals surface area contributed by atoms with Crippen LogP contribution >= 0.6 is 0 Å². The van der Waals surface area contributed by atoms with Gasteiger partial charge >= 0.3 is 6.03 Å². The Hall–Kier alpha value is -1.55. The van der Waals surface area contributed by atoms with Crippen LogP contribution in [-0.4, -0.2) is 43.2 Å². The van der Waals surface area contributed by atoms with Crippen molar-refractivity contribution in [2.75, 3.05) is 31.1 Å². The highest BCUT2D eigenvalue weighted by Gasteiger charge is 2.31. The molecule has 2 heterocycles. The van der Waals surface area contributed by atoms with Crippen molar-refractivity contribution in [2.24, 2.45) is 0 Å². The molecule has 3 rings (SSSR count). The highest BCUT2D eigenvalue weighted by Crippen LogP contribution is 2.27. The van der Waals surface area contributed by atoms with Gasteiger partial charge in [0.25, 0.3) is 0 Å². The summed E-state index contributed by atoms with van der Waals surface area (Å²) in [5.74, 6) is 0.630. The number of anilines is 1. The van der Waals surface area contributed by atoms with Gasteiger partial charge in [0.05, 0.1) is 0 Å². The van der Waals surface area contributed by atoms with E-state index < -0.39 is 0 Å². The number of rotatable bonds is 3. The number of carbonyl (C=O) groups excluding carboxylic acids is 1. The van der Waals surface area contributed by atoms with Crippen LogP contribution < -0.4 is 10.2 Å². The van der Waals surface area contributed by atoms with E-state index in [2.05, 4.69) is 43.4 Å². The normalized spacial score (nSPS) is 23.1. The molecular formula is C16H23N3O. The summed E-state index contributed by atoms with van der Waals surface area (Å²) in [7, 11) is 0. The number of hydrogen-bond donors (Lipinski definition) is 1. The Balaban J connectivity index is 1.73. The lowest BCUT2D eigenvalue weighted by Gasteiger charge is -2.22. The standard InChI is InChI=1S/C16H23N3O/c1-12(2)18-9-10-19(16(18)20)15-5-3-13(4-6-15)14-7-8-17-11-14/h3-6,12,14,17H,7-11H2,1-2H3. The number of urea groups is 1. The van der Waals surface area contributed by atoms with Crippen LogP contribution in [0, 0.1) is 0 Å². The molecule has 2 aliphatic heterocycles. The van der Waals surface area contributed by atoms with Crippen LogP contribution in [0.1, 0.15) is 31.7 Å². The fraction of sp³-hybridized carbons (Fsp3) is 0.562. The van der Waals surface area contributed by atoms with Crippen molar-refractivity contribution < 1.29 is 4.79 Å². The zero-order valence-electron chi connectivity index (χ0n) is 12.3. The molecule has 2 aliphatic rings. The van der Waals surface area contributed by atoms with Gasteiger partial charge in [-0.3, -0.25) is 4.90 Å². The zero-order valence-corrected chi connectivity index (χ0v) is 12.3. The van der Waals surface area contributed by atoms with E-state index in [9.17, 15) is 4.79 Å². The third kappa shape index (κ3) is 2.40. The van der Waals surface area contributed by atoms with E-state index in [1.165, 1.54) is 12.0 Å². The maximum Gasteiger partial charge on any atom is 0.324 e. The predicted octanol–water partition coefficient (Wildman–Crippen LogP) is 2.41. The molecule has 1 N–H and O–H groups in total. The highest BCUT2D eigenvalue weighted by atomic mass is 16.2. The van der Waals surface area contributed by atoms with Crippen molar-refractivity contribution in [2.45, 2.75) is 32.2 Å². The Bertz CT molecular complexity index is 477. The highest BCUT2D eigenvalue weighted by molar-refractivity contribution is 5.94. The molecule has 0 saturated carbocycles. The van der Waals surface area contributed by atoms with Gasteiger partial charge < -0.3 is 10.2 Å². The van der Waals surface area contributed by atoms with Crippen LogP contribution in [0.4, 0.5) is 10.5 Å². The summed E-state index contributed by atoms with van der Waals surface area (Å²) >= 11 is 0. The van der Waals surface area contributed by atoms with Crippen LogP contribution in [0.2, 0.25) is 0 Å². The summed E-state index contributed by atoms with van der Waals surface area (Å²) in [4.78, 5) is 16.1.